The van der Waals surface area contributed by atoms with Crippen LogP contribution in [0.5, 0.6) is 5.75 Å². The normalized spacial score (nSPS) is 14.5. The van der Waals surface area contributed by atoms with Crippen LogP contribution in [0.15, 0.2) is 78.9 Å². The third kappa shape index (κ3) is 5.26. The van der Waals surface area contributed by atoms with Crippen molar-refractivity contribution in [3.63, 3.8) is 0 Å². The maximum absolute atomic E-state index is 13.0. The number of anilines is 1. The van der Waals surface area contributed by atoms with Gasteiger partial charge in [-0.1, -0.05) is 60.7 Å². The lowest BCUT2D eigenvalue weighted by molar-refractivity contribution is -0.128. The molecule has 2 amide bonds. The molecule has 1 unspecified atom stereocenters. The number of rotatable bonds is 7. The van der Waals surface area contributed by atoms with Gasteiger partial charge >= 0.3 is 5.97 Å². The Labute approximate surface area is 198 Å². The lowest BCUT2D eigenvalue weighted by Gasteiger charge is -2.33. The second-order valence-electron chi connectivity index (χ2n) is 7.91. The molecule has 7 nitrogen and oxygen atoms in total. The second-order valence-corrected chi connectivity index (χ2v) is 7.91. The Balaban J connectivity index is 1.43. The van der Waals surface area contributed by atoms with Crippen LogP contribution >= 0.6 is 0 Å². The Hall–Kier alpha value is -4.13. The summed E-state index contributed by atoms with van der Waals surface area (Å²) in [6.45, 7) is -0.415. The molecule has 0 saturated carbocycles. The van der Waals surface area contributed by atoms with E-state index in [1.54, 1.807) is 36.4 Å². The number of carbonyl (C=O) groups is 3. The largest absolute Gasteiger partial charge is 0.477 e. The van der Waals surface area contributed by atoms with E-state index in [9.17, 15) is 14.4 Å². The highest BCUT2D eigenvalue weighted by molar-refractivity contribution is 6.00. The summed E-state index contributed by atoms with van der Waals surface area (Å²) < 4.78 is 11.1. The number of nitrogens with one attached hydrogen (secondary N) is 1. The number of aryl methyl sites for hydroxylation is 2. The molecule has 3 aromatic rings. The van der Waals surface area contributed by atoms with Crippen LogP contribution in [0.25, 0.3) is 0 Å². The summed E-state index contributed by atoms with van der Waals surface area (Å²) in [5.74, 6) is -0.897. The number of likely N-dealkylation sites (N-methyl/N-ethyl adjacent to an activating group) is 1. The molecule has 0 aromatic heterocycles. The van der Waals surface area contributed by atoms with Gasteiger partial charge in [0.1, 0.15) is 5.75 Å². The number of nitrogens with zero attached hydrogens (tertiary/aromatic N) is 1. The van der Waals surface area contributed by atoms with Crippen LogP contribution in [0.4, 0.5) is 5.69 Å². The Morgan fingerprint density at radius 1 is 0.941 bits per heavy atom. The van der Waals surface area contributed by atoms with E-state index in [0.717, 1.165) is 12.0 Å². The summed E-state index contributed by atoms with van der Waals surface area (Å²) in [6, 6.07) is 24.3. The maximum atomic E-state index is 13.0. The van der Waals surface area contributed by atoms with Crippen molar-refractivity contribution in [1.29, 1.82) is 0 Å². The van der Waals surface area contributed by atoms with Crippen LogP contribution in [0.3, 0.4) is 0 Å². The summed E-state index contributed by atoms with van der Waals surface area (Å²) in [5.41, 5.74) is 3.02. The summed E-state index contributed by atoms with van der Waals surface area (Å²) in [6.07, 6.45) is 0.613. The third-order valence-electron chi connectivity index (χ3n) is 5.70. The Bertz CT molecular complexity index is 1180. The van der Waals surface area contributed by atoms with Crippen LogP contribution in [0.1, 0.15) is 21.5 Å². The highest BCUT2D eigenvalue weighted by Crippen LogP contribution is 2.33. The first-order valence-corrected chi connectivity index (χ1v) is 11.1. The highest BCUT2D eigenvalue weighted by atomic mass is 16.5. The zero-order valence-electron chi connectivity index (χ0n) is 18.9. The lowest BCUT2D eigenvalue weighted by Crippen LogP contribution is -2.51. The molecule has 1 aliphatic rings. The van der Waals surface area contributed by atoms with E-state index in [1.807, 2.05) is 42.5 Å². The quantitative estimate of drug-likeness (QED) is 0.550. The van der Waals surface area contributed by atoms with Gasteiger partial charge in [0, 0.05) is 7.05 Å². The van der Waals surface area contributed by atoms with E-state index < -0.39 is 24.6 Å². The standard InChI is InChI=1S/C27H26N2O5/c1-28-26(31)24-17-29(22-13-7-8-14-23(22)34-24)25(30)18-33-27(32)21-12-6-5-11-20(21)16-15-19-9-3-2-4-10-19/h2-14,24H,15-18H2,1H3,(H,28,31). The second kappa shape index (κ2) is 10.7. The first-order chi connectivity index (χ1) is 16.6. The number of hydrogen-bond donors (Lipinski definition) is 1. The molecule has 1 aliphatic heterocycles. The maximum Gasteiger partial charge on any atom is 0.338 e. The monoisotopic (exact) mass is 458 g/mol. The smallest absolute Gasteiger partial charge is 0.338 e. The lowest BCUT2D eigenvalue weighted by atomic mass is 10.00. The molecule has 0 bridgehead atoms. The van der Waals surface area contributed by atoms with Gasteiger partial charge in [0.15, 0.2) is 12.7 Å². The Morgan fingerprint density at radius 2 is 1.65 bits per heavy atom. The fourth-order valence-electron chi connectivity index (χ4n) is 3.91. The van der Waals surface area contributed by atoms with E-state index in [1.165, 1.54) is 17.5 Å². The molecule has 34 heavy (non-hydrogen) atoms. The minimum Gasteiger partial charge on any atom is -0.477 e. The summed E-state index contributed by atoms with van der Waals surface area (Å²) in [5, 5.41) is 2.54. The molecule has 0 radical (unpaired) electrons. The van der Waals surface area contributed by atoms with Crippen molar-refractivity contribution >= 4 is 23.5 Å². The van der Waals surface area contributed by atoms with Gasteiger partial charge < -0.3 is 19.7 Å². The fourth-order valence-corrected chi connectivity index (χ4v) is 3.91. The molecular weight excluding hydrogens is 432 g/mol. The predicted molar refractivity (Wildman–Crippen MR) is 128 cm³/mol. The van der Waals surface area contributed by atoms with Crippen LogP contribution in [-0.4, -0.2) is 44.1 Å². The van der Waals surface area contributed by atoms with Gasteiger partial charge in [0.05, 0.1) is 17.8 Å². The average Bonchev–Trinajstić information content (AvgIpc) is 2.90. The predicted octanol–water partition coefficient (Wildman–Crippen LogP) is 3.17. The minimum atomic E-state index is -0.849. The van der Waals surface area contributed by atoms with Crippen molar-refractivity contribution in [2.75, 3.05) is 25.1 Å². The summed E-state index contributed by atoms with van der Waals surface area (Å²) in [7, 11) is 1.51. The number of hydrogen-bond acceptors (Lipinski definition) is 5. The molecule has 0 fully saturated rings. The SMILES string of the molecule is CNC(=O)C1CN(C(=O)COC(=O)c2ccccc2CCc2ccccc2)c2ccccc2O1. The Morgan fingerprint density at radius 3 is 2.44 bits per heavy atom. The molecule has 1 heterocycles. The zero-order chi connectivity index (χ0) is 23.9. The van der Waals surface area contributed by atoms with E-state index in [4.69, 9.17) is 9.47 Å². The van der Waals surface area contributed by atoms with Crippen molar-refractivity contribution in [3.05, 3.63) is 95.6 Å². The molecule has 174 valence electrons. The molecule has 1 atom stereocenters. The first-order valence-electron chi connectivity index (χ1n) is 11.1. The molecule has 1 N–H and O–H groups in total. The van der Waals surface area contributed by atoms with Gasteiger partial charge in [-0.2, -0.15) is 0 Å². The van der Waals surface area contributed by atoms with Crippen LogP contribution in [0, 0.1) is 0 Å². The third-order valence-corrected chi connectivity index (χ3v) is 5.70. The van der Waals surface area contributed by atoms with E-state index in [2.05, 4.69) is 5.32 Å². The van der Waals surface area contributed by atoms with Gasteiger partial charge in [0.2, 0.25) is 0 Å². The molecule has 0 saturated heterocycles. The number of carbonyl (C=O) groups excluding carboxylic acids is 3. The number of amides is 2. The molecule has 4 rings (SSSR count). The van der Waals surface area contributed by atoms with Crippen molar-refractivity contribution < 1.29 is 23.9 Å². The number of ether oxygens (including phenoxy) is 2. The molecule has 0 spiro atoms. The van der Waals surface area contributed by atoms with Crippen LogP contribution < -0.4 is 15.0 Å². The van der Waals surface area contributed by atoms with Crippen molar-refractivity contribution in [3.8, 4) is 5.75 Å². The zero-order valence-corrected chi connectivity index (χ0v) is 18.9. The minimum absolute atomic E-state index is 0.0285. The van der Waals surface area contributed by atoms with Crippen molar-refractivity contribution in [2.24, 2.45) is 0 Å². The highest BCUT2D eigenvalue weighted by Gasteiger charge is 2.33. The van der Waals surface area contributed by atoms with Gasteiger partial charge in [-0.25, -0.2) is 4.79 Å². The van der Waals surface area contributed by atoms with Crippen molar-refractivity contribution in [1.82, 2.24) is 5.32 Å². The number of esters is 1. The summed E-state index contributed by atoms with van der Waals surface area (Å²) in [4.78, 5) is 39.4. The topological polar surface area (TPSA) is 84.9 Å². The average molecular weight is 459 g/mol. The molecular formula is C27H26N2O5. The van der Waals surface area contributed by atoms with E-state index >= 15 is 0 Å². The first kappa shape index (κ1) is 23.0. The van der Waals surface area contributed by atoms with Gasteiger partial charge in [-0.05, 0) is 42.2 Å². The Kier molecular flexibility index (Phi) is 7.22. The van der Waals surface area contributed by atoms with E-state index in [0.29, 0.717) is 23.4 Å². The van der Waals surface area contributed by atoms with Gasteiger partial charge in [0.25, 0.3) is 11.8 Å². The van der Waals surface area contributed by atoms with Crippen LogP contribution in [0.2, 0.25) is 0 Å². The fraction of sp³-hybridized carbons (Fsp3) is 0.222. The number of para-hydroxylation sites is 2. The van der Waals surface area contributed by atoms with E-state index in [-0.39, 0.29) is 12.5 Å². The number of benzene rings is 3. The molecule has 3 aromatic carbocycles. The molecule has 7 heteroatoms. The summed E-state index contributed by atoms with van der Waals surface area (Å²) >= 11 is 0. The van der Waals surface area contributed by atoms with Crippen molar-refractivity contribution in [2.45, 2.75) is 18.9 Å². The number of fused-ring (bicyclic) bond motifs is 1. The molecule has 0 aliphatic carbocycles. The van der Waals surface area contributed by atoms with Gasteiger partial charge in [-0.3, -0.25) is 9.59 Å². The van der Waals surface area contributed by atoms with Crippen LogP contribution in [-0.2, 0) is 27.2 Å². The van der Waals surface area contributed by atoms with Gasteiger partial charge in [-0.15, -0.1) is 0 Å².